The number of rotatable bonds is 8. The lowest BCUT2D eigenvalue weighted by Crippen LogP contribution is -2.29. The molecule has 2 heterocycles. The van der Waals surface area contributed by atoms with Crippen LogP contribution in [0.15, 0.2) is 48.7 Å². The smallest absolute Gasteiger partial charge is 0.407 e. The third kappa shape index (κ3) is 6.17. The summed E-state index contributed by atoms with van der Waals surface area (Å²) in [5, 5.41) is 16.4. The predicted molar refractivity (Wildman–Crippen MR) is 129 cm³/mol. The van der Waals surface area contributed by atoms with Crippen LogP contribution in [0.2, 0.25) is 0 Å². The van der Waals surface area contributed by atoms with Crippen molar-refractivity contribution < 1.29 is 24.2 Å². The van der Waals surface area contributed by atoms with Crippen molar-refractivity contribution in [1.29, 1.82) is 0 Å². The maximum absolute atomic E-state index is 12.2. The Morgan fingerprint density at radius 3 is 2.71 bits per heavy atom. The zero-order valence-electron chi connectivity index (χ0n) is 19.9. The first-order valence-electron chi connectivity index (χ1n) is 11.7. The number of benzene rings is 1. The van der Waals surface area contributed by atoms with Gasteiger partial charge in [0.15, 0.2) is 0 Å². The van der Waals surface area contributed by atoms with Gasteiger partial charge in [-0.15, -0.1) is 0 Å². The van der Waals surface area contributed by atoms with Gasteiger partial charge < -0.3 is 19.9 Å². The second kappa shape index (κ2) is 11.0. The van der Waals surface area contributed by atoms with Crippen molar-refractivity contribution in [3.05, 3.63) is 65.6 Å². The van der Waals surface area contributed by atoms with E-state index in [4.69, 9.17) is 14.5 Å². The van der Waals surface area contributed by atoms with E-state index in [0.29, 0.717) is 30.0 Å². The number of nitrogens with one attached hydrogen (secondary N) is 1. The molecule has 0 bridgehead atoms. The number of hydrogen-bond acceptors (Lipinski definition) is 6. The number of ether oxygens (including phenoxy) is 2. The van der Waals surface area contributed by atoms with Gasteiger partial charge >= 0.3 is 12.1 Å². The molecule has 9 nitrogen and oxygen atoms in total. The van der Waals surface area contributed by atoms with Gasteiger partial charge in [-0.3, -0.25) is 9.48 Å². The monoisotopic (exact) mass is 478 g/mol. The average molecular weight is 479 g/mol. The van der Waals surface area contributed by atoms with Gasteiger partial charge in [-0.1, -0.05) is 30.3 Å². The van der Waals surface area contributed by atoms with Crippen LogP contribution in [0.25, 0.3) is 11.3 Å². The minimum atomic E-state index is -0.759. The fourth-order valence-corrected chi connectivity index (χ4v) is 4.30. The van der Waals surface area contributed by atoms with Crippen LogP contribution in [-0.4, -0.2) is 38.0 Å². The van der Waals surface area contributed by atoms with Crippen LogP contribution in [0.4, 0.5) is 4.79 Å². The van der Waals surface area contributed by atoms with E-state index in [1.54, 1.807) is 10.9 Å². The highest BCUT2D eigenvalue weighted by atomic mass is 16.5. The van der Waals surface area contributed by atoms with Gasteiger partial charge in [0.25, 0.3) is 0 Å². The number of alkyl carbamates (subject to hydrolysis) is 1. The molecule has 0 radical (unpaired) electrons. The highest BCUT2D eigenvalue weighted by Gasteiger charge is 2.28. The molecular weight excluding hydrogens is 448 g/mol. The summed E-state index contributed by atoms with van der Waals surface area (Å²) in [6, 6.07) is 13.2. The first kappa shape index (κ1) is 24.3. The number of amides is 1. The maximum Gasteiger partial charge on any atom is 0.407 e. The number of carboxylic acids is 1. The van der Waals surface area contributed by atoms with Gasteiger partial charge in [-0.25, -0.2) is 9.78 Å². The largest absolute Gasteiger partial charge is 0.489 e. The average Bonchev–Trinajstić information content (AvgIpc) is 3.23. The summed E-state index contributed by atoms with van der Waals surface area (Å²) < 4.78 is 13.1. The Labute approximate surface area is 204 Å². The van der Waals surface area contributed by atoms with E-state index in [9.17, 15) is 14.7 Å². The lowest BCUT2D eigenvalue weighted by molar-refractivity contribution is -0.143. The summed E-state index contributed by atoms with van der Waals surface area (Å²) >= 11 is 0. The normalized spacial score (nSPS) is 17.5. The van der Waals surface area contributed by atoms with Crippen molar-refractivity contribution in [2.45, 2.75) is 51.9 Å². The number of aliphatic carboxylic acids is 1. The van der Waals surface area contributed by atoms with Gasteiger partial charge in [-0.05, 0) is 50.3 Å². The molecule has 1 amide bonds. The molecule has 0 aliphatic heterocycles. The lowest BCUT2D eigenvalue weighted by atomic mass is 9.87. The van der Waals surface area contributed by atoms with Gasteiger partial charge in [0.05, 0.1) is 41.8 Å². The summed E-state index contributed by atoms with van der Waals surface area (Å²) in [4.78, 5) is 28.2. The quantitative estimate of drug-likeness (QED) is 0.497. The van der Waals surface area contributed by atoms with Crippen LogP contribution < -0.4 is 10.1 Å². The second-order valence-electron chi connectivity index (χ2n) is 8.77. The van der Waals surface area contributed by atoms with E-state index >= 15 is 0 Å². The zero-order chi connectivity index (χ0) is 24.8. The van der Waals surface area contributed by atoms with Gasteiger partial charge in [-0.2, -0.15) is 5.10 Å². The maximum atomic E-state index is 12.2. The van der Waals surface area contributed by atoms with E-state index in [1.807, 2.05) is 56.4 Å². The van der Waals surface area contributed by atoms with E-state index < -0.39 is 12.1 Å². The Hall–Kier alpha value is -3.88. The number of carbonyl (C=O) groups is 2. The molecule has 184 valence electrons. The van der Waals surface area contributed by atoms with Crippen molar-refractivity contribution >= 4 is 12.1 Å². The number of aryl methyl sites for hydroxylation is 2. The van der Waals surface area contributed by atoms with Crippen LogP contribution in [0.5, 0.6) is 5.75 Å². The number of carboxylic acid groups (broad SMARTS) is 1. The Morgan fingerprint density at radius 2 is 1.97 bits per heavy atom. The Bertz CT molecular complexity index is 1180. The predicted octanol–water partition coefficient (Wildman–Crippen LogP) is 4.24. The summed E-state index contributed by atoms with van der Waals surface area (Å²) in [6.45, 7) is 2.30. The van der Waals surface area contributed by atoms with Crippen LogP contribution in [0.3, 0.4) is 0 Å². The third-order valence-electron chi connectivity index (χ3n) is 6.26. The molecule has 0 spiro atoms. The molecule has 2 N–H and O–H groups in total. The summed E-state index contributed by atoms with van der Waals surface area (Å²) in [5.74, 6) is -0.464. The molecule has 35 heavy (non-hydrogen) atoms. The lowest BCUT2D eigenvalue weighted by Gasteiger charge is -2.27. The fourth-order valence-electron chi connectivity index (χ4n) is 4.30. The molecule has 1 unspecified atom stereocenters. The molecule has 4 rings (SSSR count). The van der Waals surface area contributed by atoms with Gasteiger partial charge in [0, 0.05) is 12.6 Å². The molecule has 9 heteroatoms. The summed E-state index contributed by atoms with van der Waals surface area (Å²) in [7, 11) is 1.81. The number of nitrogens with zero attached hydrogens (tertiary/aromatic N) is 3. The van der Waals surface area contributed by atoms with E-state index in [1.165, 1.54) is 0 Å². The van der Waals surface area contributed by atoms with Gasteiger partial charge in [0.1, 0.15) is 12.4 Å². The second-order valence-corrected chi connectivity index (χ2v) is 8.77. The summed E-state index contributed by atoms with van der Waals surface area (Å²) in [6.07, 6.45) is 3.96. The van der Waals surface area contributed by atoms with Gasteiger partial charge in [0.2, 0.25) is 0 Å². The molecule has 1 saturated carbocycles. The number of aromatic nitrogens is 3. The Balaban J connectivity index is 1.39. The highest BCUT2D eigenvalue weighted by Crippen LogP contribution is 2.31. The van der Waals surface area contributed by atoms with Crippen molar-refractivity contribution in [3.63, 3.8) is 0 Å². The fraction of sp³-hybridized carbons (Fsp3) is 0.385. The molecule has 0 saturated heterocycles. The molecule has 2 atom stereocenters. The Kier molecular flexibility index (Phi) is 7.64. The molecule has 1 aliphatic carbocycles. The first-order chi connectivity index (χ1) is 16.9. The van der Waals surface area contributed by atoms with Crippen LogP contribution in [0, 0.1) is 12.8 Å². The van der Waals surface area contributed by atoms with E-state index in [2.05, 4.69) is 10.4 Å². The molecule has 1 aromatic carbocycles. The van der Waals surface area contributed by atoms with Crippen molar-refractivity contribution in [3.8, 4) is 17.0 Å². The standard InChI is InChI=1S/C26H30N4O5/c1-17-24(35-20-10-6-9-19(13-20)25(31)32)12-11-22(29-17)21-14-28-30(2)23(21)15-27-26(33)34-16-18-7-4-3-5-8-18/h3-5,7-8,11-12,14,19-20H,6,9-10,13,15-16H2,1-2H3,(H,27,33)(H,31,32)/t19?,20-/m0/s1. The minimum Gasteiger partial charge on any atom is -0.489 e. The zero-order valence-corrected chi connectivity index (χ0v) is 19.9. The molecule has 2 aromatic heterocycles. The topological polar surface area (TPSA) is 116 Å². The van der Waals surface area contributed by atoms with E-state index in [0.717, 1.165) is 29.7 Å². The van der Waals surface area contributed by atoms with Crippen molar-refractivity contribution in [2.24, 2.45) is 13.0 Å². The number of pyridine rings is 1. The van der Waals surface area contributed by atoms with E-state index in [-0.39, 0.29) is 25.2 Å². The first-order valence-corrected chi connectivity index (χ1v) is 11.7. The summed E-state index contributed by atoms with van der Waals surface area (Å²) in [5.41, 5.74) is 3.93. The van der Waals surface area contributed by atoms with Crippen molar-refractivity contribution in [2.75, 3.05) is 0 Å². The Morgan fingerprint density at radius 1 is 1.17 bits per heavy atom. The number of hydrogen-bond donors (Lipinski definition) is 2. The highest BCUT2D eigenvalue weighted by molar-refractivity contribution is 5.70. The minimum absolute atomic E-state index is 0.128. The van der Waals surface area contributed by atoms with Crippen molar-refractivity contribution in [1.82, 2.24) is 20.1 Å². The molecule has 3 aromatic rings. The molecule has 1 fully saturated rings. The SMILES string of the molecule is Cc1nc(-c2cnn(C)c2CNC(=O)OCc2ccccc2)ccc1O[C@H]1CCCC(C(=O)O)C1. The number of carbonyl (C=O) groups excluding carboxylic acids is 1. The molecule has 1 aliphatic rings. The molecular formula is C26H30N4O5. The van der Waals surface area contributed by atoms with Crippen LogP contribution in [0.1, 0.15) is 42.6 Å². The van der Waals surface area contributed by atoms with Crippen LogP contribution in [-0.2, 0) is 29.7 Å². The third-order valence-corrected chi connectivity index (χ3v) is 6.26. The van der Waals surface area contributed by atoms with Crippen LogP contribution >= 0.6 is 0 Å².